The fraction of sp³-hybridized carbons (Fsp3) is 0.429. The summed E-state index contributed by atoms with van der Waals surface area (Å²) in [5.74, 6) is -0.407. The molecule has 0 heterocycles. The van der Waals surface area contributed by atoms with Gasteiger partial charge in [-0.1, -0.05) is 13.2 Å². The fourth-order valence-corrected chi connectivity index (χ4v) is 3.89. The molecule has 0 aliphatic carbocycles. The average Bonchev–Trinajstić information content (AvgIpc) is 3.06. The zero-order valence-electron chi connectivity index (χ0n) is 25.9. The molecular formula is C35H44O10. The Morgan fingerprint density at radius 2 is 0.778 bits per heavy atom. The van der Waals surface area contributed by atoms with E-state index in [0.29, 0.717) is 55.5 Å². The standard InChI is InChI=1S/C35H44O10/c1-3-32(36)42-24-11-7-5-9-22-40-30-18-14-28(15-19-30)34(38)44-26-13-27-45-35(39)29-16-20-31(21-17-29)41-23-10-6-8-12-25-43-33(37)4-2/h3-4,14-21H,1-2,5-13,22-27H2. The second-order valence-electron chi connectivity index (χ2n) is 9.94. The molecule has 0 spiro atoms. The minimum atomic E-state index is -0.463. The average molecular weight is 625 g/mol. The van der Waals surface area contributed by atoms with Crippen molar-refractivity contribution in [1.82, 2.24) is 0 Å². The number of ether oxygens (including phenoxy) is 6. The molecular weight excluding hydrogens is 580 g/mol. The maximum absolute atomic E-state index is 12.3. The fourth-order valence-electron chi connectivity index (χ4n) is 3.89. The summed E-state index contributed by atoms with van der Waals surface area (Å²) < 4.78 is 31.8. The molecule has 0 fully saturated rings. The van der Waals surface area contributed by atoms with Crippen LogP contribution < -0.4 is 9.47 Å². The molecule has 0 saturated carbocycles. The van der Waals surface area contributed by atoms with E-state index >= 15 is 0 Å². The highest BCUT2D eigenvalue weighted by atomic mass is 16.5. The van der Waals surface area contributed by atoms with Crippen LogP contribution in [0.5, 0.6) is 11.5 Å². The molecule has 10 heteroatoms. The molecule has 0 aliphatic rings. The SMILES string of the molecule is C=CC(=O)OCCCCCCOc1ccc(C(=O)OCCCOC(=O)c2ccc(OCCCCCCOC(=O)C=C)cc2)cc1. The lowest BCUT2D eigenvalue weighted by molar-refractivity contribution is -0.138. The lowest BCUT2D eigenvalue weighted by Gasteiger charge is -2.09. The first-order chi connectivity index (χ1) is 21.9. The largest absolute Gasteiger partial charge is 0.494 e. The molecule has 10 nitrogen and oxygen atoms in total. The van der Waals surface area contributed by atoms with Gasteiger partial charge >= 0.3 is 23.9 Å². The van der Waals surface area contributed by atoms with Gasteiger partial charge in [-0.15, -0.1) is 0 Å². The van der Waals surface area contributed by atoms with Gasteiger partial charge in [0.15, 0.2) is 0 Å². The number of carbonyl (C=O) groups is 4. The quantitative estimate of drug-likeness (QED) is 0.0559. The van der Waals surface area contributed by atoms with Crippen molar-refractivity contribution in [1.29, 1.82) is 0 Å². The van der Waals surface area contributed by atoms with Crippen LogP contribution >= 0.6 is 0 Å². The summed E-state index contributed by atoms with van der Waals surface area (Å²) >= 11 is 0. The first kappa shape index (κ1) is 36.6. The van der Waals surface area contributed by atoms with E-state index in [1.807, 2.05) is 0 Å². The van der Waals surface area contributed by atoms with Crippen LogP contribution in [0.15, 0.2) is 73.8 Å². The highest BCUT2D eigenvalue weighted by molar-refractivity contribution is 5.90. The van der Waals surface area contributed by atoms with Crippen molar-refractivity contribution in [2.24, 2.45) is 0 Å². The van der Waals surface area contributed by atoms with E-state index < -0.39 is 23.9 Å². The molecule has 0 radical (unpaired) electrons. The maximum atomic E-state index is 12.3. The molecule has 2 rings (SSSR count). The van der Waals surface area contributed by atoms with Crippen LogP contribution in [0.25, 0.3) is 0 Å². The minimum Gasteiger partial charge on any atom is -0.494 e. The third-order valence-corrected chi connectivity index (χ3v) is 6.37. The van der Waals surface area contributed by atoms with E-state index in [-0.39, 0.29) is 13.2 Å². The first-order valence-electron chi connectivity index (χ1n) is 15.3. The topological polar surface area (TPSA) is 124 Å². The van der Waals surface area contributed by atoms with E-state index in [0.717, 1.165) is 63.5 Å². The van der Waals surface area contributed by atoms with Crippen molar-refractivity contribution >= 4 is 23.9 Å². The molecule has 0 unspecified atom stereocenters. The van der Waals surface area contributed by atoms with Gasteiger partial charge in [0.05, 0.1) is 50.8 Å². The second-order valence-corrected chi connectivity index (χ2v) is 9.94. The van der Waals surface area contributed by atoms with Crippen LogP contribution in [0.1, 0.15) is 78.5 Å². The van der Waals surface area contributed by atoms with Crippen molar-refractivity contribution < 1.29 is 47.6 Å². The lowest BCUT2D eigenvalue weighted by Crippen LogP contribution is -2.11. The monoisotopic (exact) mass is 624 g/mol. The van der Waals surface area contributed by atoms with Gasteiger partial charge in [0.1, 0.15) is 11.5 Å². The number of benzene rings is 2. The van der Waals surface area contributed by atoms with Crippen molar-refractivity contribution in [3.8, 4) is 11.5 Å². The Balaban J connectivity index is 1.51. The zero-order valence-corrected chi connectivity index (χ0v) is 25.9. The molecule has 0 aliphatic heterocycles. The molecule has 0 aromatic heterocycles. The van der Waals surface area contributed by atoms with E-state index in [4.69, 9.17) is 28.4 Å². The molecule has 0 amide bonds. The van der Waals surface area contributed by atoms with E-state index in [1.54, 1.807) is 48.5 Å². The first-order valence-corrected chi connectivity index (χ1v) is 15.3. The van der Waals surface area contributed by atoms with E-state index in [9.17, 15) is 19.2 Å². The molecule has 0 saturated heterocycles. The number of hydrogen-bond donors (Lipinski definition) is 0. The highest BCUT2D eigenvalue weighted by Gasteiger charge is 2.10. The van der Waals surface area contributed by atoms with Crippen LogP contribution in [0.3, 0.4) is 0 Å². The smallest absolute Gasteiger partial charge is 0.338 e. The molecule has 0 atom stereocenters. The van der Waals surface area contributed by atoms with Gasteiger partial charge in [0.25, 0.3) is 0 Å². The third-order valence-electron chi connectivity index (χ3n) is 6.37. The Kier molecular flexibility index (Phi) is 18.6. The predicted octanol–water partition coefficient (Wildman–Crippen LogP) is 6.43. The van der Waals surface area contributed by atoms with Gasteiger partial charge in [0.2, 0.25) is 0 Å². The van der Waals surface area contributed by atoms with E-state index in [1.165, 1.54) is 0 Å². The van der Waals surface area contributed by atoms with Gasteiger partial charge in [0, 0.05) is 18.6 Å². The van der Waals surface area contributed by atoms with Gasteiger partial charge in [-0.2, -0.15) is 0 Å². The normalized spacial score (nSPS) is 10.3. The summed E-state index contributed by atoms with van der Waals surface area (Å²) in [6.45, 7) is 8.82. The molecule has 2 aromatic rings. The molecule has 0 N–H and O–H groups in total. The molecule has 45 heavy (non-hydrogen) atoms. The second kappa shape index (κ2) is 22.9. The molecule has 0 bridgehead atoms. The van der Waals surface area contributed by atoms with Crippen LogP contribution in [-0.4, -0.2) is 63.5 Å². The summed E-state index contributed by atoms with van der Waals surface area (Å²) in [5, 5.41) is 0. The number of rotatable bonds is 24. The van der Waals surface area contributed by atoms with Gasteiger partial charge in [-0.05, 0) is 99.9 Å². The van der Waals surface area contributed by atoms with Crippen molar-refractivity contribution in [3.63, 3.8) is 0 Å². The van der Waals surface area contributed by atoms with Crippen LogP contribution in [0.2, 0.25) is 0 Å². The van der Waals surface area contributed by atoms with E-state index in [2.05, 4.69) is 13.2 Å². The number of carbonyl (C=O) groups excluding carboxylic acids is 4. The number of unbranched alkanes of at least 4 members (excludes halogenated alkanes) is 6. The van der Waals surface area contributed by atoms with Crippen LogP contribution in [0, 0.1) is 0 Å². The zero-order chi connectivity index (χ0) is 32.5. The summed E-state index contributed by atoms with van der Waals surface area (Å²) in [7, 11) is 0. The predicted molar refractivity (Wildman–Crippen MR) is 168 cm³/mol. The highest BCUT2D eigenvalue weighted by Crippen LogP contribution is 2.15. The Bertz CT molecular complexity index is 1090. The summed E-state index contributed by atoms with van der Waals surface area (Å²) in [5.41, 5.74) is 0.810. The number of hydrogen-bond acceptors (Lipinski definition) is 10. The Morgan fingerprint density at radius 3 is 1.13 bits per heavy atom. The van der Waals surface area contributed by atoms with Gasteiger partial charge < -0.3 is 28.4 Å². The molecule has 2 aromatic carbocycles. The van der Waals surface area contributed by atoms with Gasteiger partial charge in [-0.3, -0.25) is 0 Å². The summed E-state index contributed by atoms with van der Waals surface area (Å²) in [6, 6.07) is 13.5. The third kappa shape index (κ3) is 16.7. The van der Waals surface area contributed by atoms with Crippen molar-refractivity contribution in [3.05, 3.63) is 85.0 Å². The summed E-state index contributed by atoms with van der Waals surface area (Å²) in [4.78, 5) is 46.5. The summed E-state index contributed by atoms with van der Waals surface area (Å²) in [6.07, 6.45) is 9.78. The minimum absolute atomic E-state index is 0.115. The van der Waals surface area contributed by atoms with Crippen LogP contribution in [-0.2, 0) is 28.5 Å². The Morgan fingerprint density at radius 1 is 0.444 bits per heavy atom. The Hall–Kier alpha value is -4.60. The maximum Gasteiger partial charge on any atom is 0.338 e. The lowest BCUT2D eigenvalue weighted by atomic mass is 10.2. The van der Waals surface area contributed by atoms with Crippen molar-refractivity contribution in [2.45, 2.75) is 57.8 Å². The Labute approximate surface area is 265 Å². The van der Waals surface area contributed by atoms with Crippen LogP contribution in [0.4, 0.5) is 0 Å². The number of esters is 4. The molecule has 244 valence electrons. The van der Waals surface area contributed by atoms with Crippen molar-refractivity contribution in [2.75, 3.05) is 39.6 Å². The van der Waals surface area contributed by atoms with Gasteiger partial charge in [-0.25, -0.2) is 19.2 Å².